The summed E-state index contributed by atoms with van der Waals surface area (Å²) in [7, 11) is 0.950. The van der Waals surface area contributed by atoms with Gasteiger partial charge in [0.25, 0.3) is 0 Å². The van der Waals surface area contributed by atoms with Crippen LogP contribution in [0.3, 0.4) is 0 Å². The molecule has 1 atom stereocenters. The first kappa shape index (κ1) is 22.5. The van der Waals surface area contributed by atoms with E-state index >= 15 is 0 Å². The first-order valence-corrected chi connectivity index (χ1v) is 7.98. The van der Waals surface area contributed by atoms with E-state index in [2.05, 4.69) is 0 Å². The van der Waals surface area contributed by atoms with Gasteiger partial charge in [-0.05, 0) is 38.5 Å². The molecule has 0 aliphatic rings. The van der Waals surface area contributed by atoms with Gasteiger partial charge in [-0.3, -0.25) is 0 Å². The zero-order chi connectivity index (χ0) is 20.4. The molecule has 0 radical (unpaired) electrons. The molecule has 150 valence electrons. The van der Waals surface area contributed by atoms with Crippen LogP contribution < -0.4 is 4.90 Å². The van der Waals surface area contributed by atoms with Gasteiger partial charge in [0.15, 0.2) is 0 Å². The first-order chi connectivity index (χ1) is 11.8. The minimum absolute atomic E-state index is 0.0198. The minimum Gasteiger partial charge on any atom is -0.374 e. The van der Waals surface area contributed by atoms with Gasteiger partial charge in [0.2, 0.25) is 0 Å². The molecule has 1 aromatic rings. The van der Waals surface area contributed by atoms with Crippen molar-refractivity contribution in [2.45, 2.75) is 50.8 Å². The first-order valence-electron chi connectivity index (χ1n) is 7.98. The second kappa shape index (κ2) is 7.62. The molecule has 0 aliphatic carbocycles. The van der Waals surface area contributed by atoms with Crippen LogP contribution in [-0.4, -0.2) is 38.2 Å². The predicted molar refractivity (Wildman–Crippen MR) is 84.9 cm³/mol. The van der Waals surface area contributed by atoms with Crippen LogP contribution in [-0.2, 0) is 10.3 Å². The number of rotatable bonds is 7. The number of hydrogen-bond acceptors (Lipinski definition) is 2. The number of halogens is 7. The number of anilines is 1. The van der Waals surface area contributed by atoms with E-state index in [1.165, 1.54) is 12.1 Å². The van der Waals surface area contributed by atoms with Crippen molar-refractivity contribution in [3.8, 4) is 0 Å². The monoisotopic (exact) mass is 389 g/mol. The molecule has 0 fully saturated rings. The Labute approximate surface area is 147 Å². The van der Waals surface area contributed by atoms with Crippen molar-refractivity contribution in [2.24, 2.45) is 0 Å². The molecule has 0 heterocycles. The van der Waals surface area contributed by atoms with E-state index in [1.807, 2.05) is 18.7 Å². The maximum atomic E-state index is 14.2. The summed E-state index contributed by atoms with van der Waals surface area (Å²) < 4.78 is 96.4. The Kier molecular flexibility index (Phi) is 6.60. The van der Waals surface area contributed by atoms with E-state index in [0.717, 1.165) is 19.7 Å². The molecule has 9 heteroatoms. The highest BCUT2D eigenvalue weighted by Gasteiger charge is 2.74. The minimum atomic E-state index is -6.12. The molecule has 0 N–H and O–H groups in total. The van der Waals surface area contributed by atoms with Gasteiger partial charge < -0.3 is 9.64 Å². The van der Waals surface area contributed by atoms with Gasteiger partial charge >= 0.3 is 18.0 Å². The summed E-state index contributed by atoms with van der Waals surface area (Å²) in [4.78, 5) is 1.94. The molecule has 1 aromatic carbocycles. The largest absolute Gasteiger partial charge is 0.431 e. The summed E-state index contributed by atoms with van der Waals surface area (Å²) in [5.41, 5.74) is -6.74. The van der Waals surface area contributed by atoms with Crippen LogP contribution in [0.1, 0.15) is 32.8 Å². The molecule has 0 spiro atoms. The smallest absolute Gasteiger partial charge is 0.374 e. The molecular weight excluding hydrogens is 367 g/mol. The molecule has 0 saturated carbocycles. The van der Waals surface area contributed by atoms with E-state index in [1.54, 1.807) is 12.1 Å². The lowest BCUT2D eigenvalue weighted by atomic mass is 9.83. The fourth-order valence-corrected chi connectivity index (χ4v) is 2.73. The fourth-order valence-electron chi connectivity index (χ4n) is 2.73. The third-order valence-electron chi connectivity index (χ3n) is 4.54. The highest BCUT2D eigenvalue weighted by Crippen LogP contribution is 2.52. The number of ether oxygens (including phenoxy) is 1. The van der Waals surface area contributed by atoms with Gasteiger partial charge in [-0.2, -0.15) is 26.3 Å². The molecule has 0 aliphatic heterocycles. The van der Waals surface area contributed by atoms with E-state index in [-0.39, 0.29) is 5.56 Å². The fraction of sp³-hybridized carbons (Fsp3) is 0.647. The van der Waals surface area contributed by atoms with Crippen molar-refractivity contribution < 1.29 is 35.5 Å². The number of methoxy groups -OCH3 is 1. The average molecular weight is 389 g/mol. The quantitative estimate of drug-likeness (QED) is 0.562. The van der Waals surface area contributed by atoms with Gasteiger partial charge in [0.1, 0.15) is 0 Å². The Morgan fingerprint density at radius 1 is 0.846 bits per heavy atom. The van der Waals surface area contributed by atoms with Gasteiger partial charge in [-0.15, -0.1) is 0 Å². The Bertz CT molecular complexity index is 564. The second-order valence-electron chi connectivity index (χ2n) is 6.13. The standard InChI is InChI=1S/C17H22F7NO/c1-5-25(6-2)13-9-7-12(8-10-13)14(3,26-4)11-15(18,16(19,20)21)17(22,23)24/h7-10H,5-6,11H2,1-4H3. The summed E-state index contributed by atoms with van der Waals surface area (Å²) >= 11 is 0. The Balaban J connectivity index is 3.30. The van der Waals surface area contributed by atoms with Crippen molar-refractivity contribution in [2.75, 3.05) is 25.1 Å². The molecule has 2 nitrogen and oxygen atoms in total. The zero-order valence-corrected chi connectivity index (χ0v) is 14.9. The van der Waals surface area contributed by atoms with Crippen LogP contribution in [0.2, 0.25) is 0 Å². The molecule has 0 aromatic heterocycles. The summed E-state index contributed by atoms with van der Waals surface area (Å²) in [5, 5.41) is 0. The van der Waals surface area contributed by atoms with Crippen LogP contribution in [0.15, 0.2) is 24.3 Å². The van der Waals surface area contributed by atoms with E-state index in [0.29, 0.717) is 13.1 Å². The Morgan fingerprint density at radius 3 is 1.58 bits per heavy atom. The van der Waals surface area contributed by atoms with Crippen LogP contribution >= 0.6 is 0 Å². The number of hydrogen-bond donors (Lipinski definition) is 0. The van der Waals surface area contributed by atoms with E-state index < -0.39 is 30.0 Å². The van der Waals surface area contributed by atoms with Crippen LogP contribution in [0, 0.1) is 0 Å². The summed E-state index contributed by atoms with van der Waals surface area (Å²) in [6, 6.07) is 5.82. The molecule has 0 amide bonds. The lowest BCUT2D eigenvalue weighted by molar-refractivity contribution is -0.353. The van der Waals surface area contributed by atoms with Crippen LogP contribution in [0.25, 0.3) is 0 Å². The van der Waals surface area contributed by atoms with Crippen molar-refractivity contribution in [1.82, 2.24) is 0 Å². The normalized spacial score (nSPS) is 15.7. The molecule has 0 saturated heterocycles. The SMILES string of the molecule is CCN(CC)c1ccc(C(C)(CC(F)(C(F)(F)F)C(F)(F)F)OC)cc1. The average Bonchev–Trinajstić information content (AvgIpc) is 2.54. The van der Waals surface area contributed by atoms with Crippen molar-refractivity contribution in [3.05, 3.63) is 29.8 Å². The van der Waals surface area contributed by atoms with Crippen molar-refractivity contribution in [1.29, 1.82) is 0 Å². The molecule has 1 rings (SSSR count). The number of alkyl halides is 7. The van der Waals surface area contributed by atoms with Gasteiger partial charge in [-0.25, -0.2) is 4.39 Å². The van der Waals surface area contributed by atoms with E-state index in [9.17, 15) is 30.7 Å². The maximum Gasteiger partial charge on any atom is 0.431 e. The van der Waals surface area contributed by atoms with Gasteiger partial charge in [-0.1, -0.05) is 12.1 Å². The van der Waals surface area contributed by atoms with Crippen LogP contribution in [0.5, 0.6) is 0 Å². The molecular formula is C17H22F7NO. The summed E-state index contributed by atoms with van der Waals surface area (Å²) in [6.45, 7) is 6.16. The van der Waals surface area contributed by atoms with E-state index in [4.69, 9.17) is 4.74 Å². The summed E-state index contributed by atoms with van der Waals surface area (Å²) in [5.74, 6) is 0. The third kappa shape index (κ3) is 4.24. The highest BCUT2D eigenvalue weighted by atomic mass is 19.4. The Morgan fingerprint density at radius 2 is 1.27 bits per heavy atom. The maximum absolute atomic E-state index is 14.2. The lowest BCUT2D eigenvalue weighted by Crippen LogP contribution is -2.56. The second-order valence-corrected chi connectivity index (χ2v) is 6.13. The Hall–Kier alpha value is -1.51. The number of nitrogens with zero attached hydrogens (tertiary/aromatic N) is 1. The van der Waals surface area contributed by atoms with Crippen LogP contribution in [0.4, 0.5) is 36.4 Å². The highest BCUT2D eigenvalue weighted by molar-refractivity contribution is 5.48. The third-order valence-corrected chi connectivity index (χ3v) is 4.54. The topological polar surface area (TPSA) is 12.5 Å². The lowest BCUT2D eigenvalue weighted by Gasteiger charge is -2.38. The molecule has 26 heavy (non-hydrogen) atoms. The summed E-state index contributed by atoms with van der Waals surface area (Å²) in [6.07, 6.45) is -14.2. The predicted octanol–water partition coefficient (Wildman–Crippen LogP) is 5.62. The van der Waals surface area contributed by atoms with Crippen molar-refractivity contribution in [3.63, 3.8) is 0 Å². The number of benzene rings is 1. The molecule has 0 bridgehead atoms. The molecule has 1 unspecified atom stereocenters. The zero-order valence-electron chi connectivity index (χ0n) is 14.9. The van der Waals surface area contributed by atoms with Gasteiger partial charge in [0, 0.05) is 32.3 Å². The van der Waals surface area contributed by atoms with Gasteiger partial charge in [0.05, 0.1) is 5.60 Å². The van der Waals surface area contributed by atoms with Crippen molar-refractivity contribution >= 4 is 5.69 Å².